The molecule has 3 aliphatic rings. The molecule has 2 bridgehead atoms. The van der Waals surface area contributed by atoms with Crippen LogP contribution in [-0.2, 0) is 33.9 Å². The van der Waals surface area contributed by atoms with Crippen molar-refractivity contribution in [2.24, 2.45) is 11.8 Å². The van der Waals surface area contributed by atoms with Crippen molar-refractivity contribution in [2.75, 3.05) is 5.75 Å². The Hall–Kier alpha value is -1.19. The van der Waals surface area contributed by atoms with E-state index in [1.165, 1.54) is 6.92 Å². The Labute approximate surface area is 115 Å². The lowest BCUT2D eigenvalue weighted by atomic mass is 9.80. The van der Waals surface area contributed by atoms with E-state index < -0.39 is 58.0 Å². The van der Waals surface area contributed by atoms with Gasteiger partial charge in [-0.1, -0.05) is 0 Å². The predicted molar refractivity (Wildman–Crippen MR) is 62.1 cm³/mol. The van der Waals surface area contributed by atoms with E-state index in [0.717, 1.165) is 0 Å². The number of fused-ring (bicyclic) bond motifs is 1. The van der Waals surface area contributed by atoms with Gasteiger partial charge in [-0.15, -0.1) is 0 Å². The van der Waals surface area contributed by atoms with Gasteiger partial charge < -0.3 is 14.2 Å². The van der Waals surface area contributed by atoms with Gasteiger partial charge in [-0.3, -0.25) is 14.1 Å². The highest BCUT2D eigenvalue weighted by atomic mass is 32.2. The molecule has 6 unspecified atom stereocenters. The number of esters is 2. The SMILES string of the molecule is CC(CS(=O)(=O)O)OC(=O)C1C2CC3OC(=O)C1C3O2. The Bertz CT molecular complexity index is 553. The zero-order valence-corrected chi connectivity index (χ0v) is 11.4. The van der Waals surface area contributed by atoms with Gasteiger partial charge in [-0.05, 0) is 6.92 Å². The maximum Gasteiger partial charge on any atom is 0.313 e. The van der Waals surface area contributed by atoms with E-state index in [1.807, 2.05) is 0 Å². The summed E-state index contributed by atoms with van der Waals surface area (Å²) in [5, 5.41) is 0. The van der Waals surface area contributed by atoms with Crippen LogP contribution in [0.1, 0.15) is 13.3 Å². The molecular weight excluding hydrogens is 292 g/mol. The highest BCUT2D eigenvalue weighted by Crippen LogP contribution is 2.50. The average molecular weight is 306 g/mol. The Balaban J connectivity index is 1.68. The second kappa shape index (κ2) is 4.40. The molecular formula is C11H14O8S. The summed E-state index contributed by atoms with van der Waals surface area (Å²) in [5.41, 5.74) is 0. The van der Waals surface area contributed by atoms with Crippen molar-refractivity contribution in [1.29, 1.82) is 0 Å². The van der Waals surface area contributed by atoms with Gasteiger partial charge in [0.15, 0.2) is 0 Å². The van der Waals surface area contributed by atoms with Crippen molar-refractivity contribution >= 4 is 22.1 Å². The van der Waals surface area contributed by atoms with Crippen molar-refractivity contribution in [2.45, 2.75) is 37.8 Å². The second-order valence-corrected chi connectivity index (χ2v) is 6.90. The molecule has 0 aliphatic carbocycles. The number of carbonyl (C=O) groups excluding carboxylic acids is 2. The second-order valence-electron chi connectivity index (χ2n) is 5.40. The molecule has 3 saturated heterocycles. The fourth-order valence-electron chi connectivity index (χ4n) is 3.22. The lowest BCUT2D eigenvalue weighted by Gasteiger charge is -2.21. The van der Waals surface area contributed by atoms with Crippen LogP contribution in [0.5, 0.6) is 0 Å². The molecule has 0 aromatic carbocycles. The summed E-state index contributed by atoms with van der Waals surface area (Å²) < 4.78 is 45.8. The Morgan fingerprint density at radius 2 is 2.20 bits per heavy atom. The quantitative estimate of drug-likeness (QED) is 0.526. The molecule has 20 heavy (non-hydrogen) atoms. The number of hydrogen-bond donors (Lipinski definition) is 1. The van der Waals surface area contributed by atoms with E-state index in [-0.39, 0.29) is 6.10 Å². The van der Waals surface area contributed by atoms with E-state index >= 15 is 0 Å². The first-order valence-electron chi connectivity index (χ1n) is 6.28. The third kappa shape index (κ3) is 2.19. The predicted octanol–water partition coefficient (Wildman–Crippen LogP) is -0.865. The topological polar surface area (TPSA) is 116 Å². The van der Waals surface area contributed by atoms with Crippen LogP contribution >= 0.6 is 0 Å². The van der Waals surface area contributed by atoms with Crippen LogP contribution in [-0.4, -0.2) is 55.1 Å². The molecule has 3 heterocycles. The molecule has 0 radical (unpaired) electrons. The summed E-state index contributed by atoms with van der Waals surface area (Å²) in [6, 6.07) is 0. The van der Waals surface area contributed by atoms with E-state index in [9.17, 15) is 18.0 Å². The molecule has 6 atom stereocenters. The molecule has 0 aromatic rings. The molecule has 0 amide bonds. The normalized spacial score (nSPS) is 39.7. The van der Waals surface area contributed by atoms with Crippen molar-refractivity contribution in [3.8, 4) is 0 Å². The first-order chi connectivity index (χ1) is 9.26. The monoisotopic (exact) mass is 306 g/mol. The minimum atomic E-state index is -4.22. The van der Waals surface area contributed by atoms with Gasteiger partial charge in [0.2, 0.25) is 0 Å². The van der Waals surface area contributed by atoms with Crippen molar-refractivity contribution in [3.63, 3.8) is 0 Å². The highest BCUT2D eigenvalue weighted by Gasteiger charge is 2.66. The van der Waals surface area contributed by atoms with Gasteiger partial charge in [0.05, 0.1) is 12.0 Å². The van der Waals surface area contributed by atoms with Gasteiger partial charge in [0.25, 0.3) is 10.1 Å². The summed E-state index contributed by atoms with van der Waals surface area (Å²) in [6.45, 7) is 1.36. The van der Waals surface area contributed by atoms with Gasteiger partial charge in [0.1, 0.15) is 30.0 Å². The minimum absolute atomic E-state index is 0.281. The molecule has 3 fully saturated rings. The van der Waals surface area contributed by atoms with Crippen LogP contribution in [0.2, 0.25) is 0 Å². The number of hydrogen-bond acceptors (Lipinski definition) is 7. The zero-order valence-electron chi connectivity index (χ0n) is 10.6. The highest BCUT2D eigenvalue weighted by molar-refractivity contribution is 7.85. The number of rotatable bonds is 4. The van der Waals surface area contributed by atoms with Crippen molar-refractivity contribution < 1.29 is 36.8 Å². The van der Waals surface area contributed by atoms with Crippen LogP contribution in [0.25, 0.3) is 0 Å². The van der Waals surface area contributed by atoms with Crippen LogP contribution < -0.4 is 0 Å². The molecule has 3 rings (SSSR count). The van der Waals surface area contributed by atoms with Gasteiger partial charge in [-0.2, -0.15) is 8.42 Å². The first kappa shape index (κ1) is 13.8. The molecule has 0 saturated carbocycles. The Kier molecular flexibility index (Phi) is 3.03. The smallest absolute Gasteiger partial charge is 0.313 e. The fraction of sp³-hybridized carbons (Fsp3) is 0.818. The minimum Gasteiger partial charge on any atom is -0.461 e. The van der Waals surface area contributed by atoms with Crippen LogP contribution in [0.15, 0.2) is 0 Å². The summed E-state index contributed by atoms with van der Waals surface area (Å²) in [5.74, 6) is -3.25. The van der Waals surface area contributed by atoms with Crippen LogP contribution in [0.3, 0.4) is 0 Å². The van der Waals surface area contributed by atoms with Crippen LogP contribution in [0, 0.1) is 11.8 Å². The lowest BCUT2D eigenvalue weighted by Crippen LogP contribution is -2.39. The van der Waals surface area contributed by atoms with Crippen molar-refractivity contribution in [3.05, 3.63) is 0 Å². The summed E-state index contributed by atoms with van der Waals surface area (Å²) in [4.78, 5) is 23.8. The molecule has 0 aromatic heterocycles. The zero-order chi connectivity index (χ0) is 14.7. The fourth-order valence-corrected chi connectivity index (χ4v) is 3.88. The summed E-state index contributed by atoms with van der Waals surface area (Å²) >= 11 is 0. The van der Waals surface area contributed by atoms with E-state index in [1.54, 1.807) is 0 Å². The lowest BCUT2D eigenvalue weighted by molar-refractivity contribution is -0.158. The largest absolute Gasteiger partial charge is 0.461 e. The number of carbonyl (C=O) groups is 2. The average Bonchev–Trinajstić information content (AvgIpc) is 2.85. The van der Waals surface area contributed by atoms with Crippen molar-refractivity contribution in [1.82, 2.24) is 0 Å². The standard InChI is InChI=1S/C11H14O8S/c1-4(3-20(14,15)16)17-10(12)7-5-2-6-9(18-5)8(7)11(13)19-6/h4-9H,2-3H2,1H3,(H,14,15,16). The summed E-state index contributed by atoms with van der Waals surface area (Å²) in [7, 11) is -4.22. The van der Waals surface area contributed by atoms with Gasteiger partial charge in [-0.25, -0.2) is 0 Å². The van der Waals surface area contributed by atoms with Gasteiger partial charge in [0, 0.05) is 6.42 Å². The molecule has 3 aliphatic heterocycles. The molecule has 112 valence electrons. The first-order valence-corrected chi connectivity index (χ1v) is 7.89. The summed E-state index contributed by atoms with van der Waals surface area (Å²) in [6.07, 6.45) is -1.64. The number of ether oxygens (including phenoxy) is 3. The maximum atomic E-state index is 12.1. The molecule has 0 spiro atoms. The van der Waals surface area contributed by atoms with E-state index in [0.29, 0.717) is 6.42 Å². The third-order valence-electron chi connectivity index (χ3n) is 3.88. The maximum absolute atomic E-state index is 12.1. The molecule has 9 heteroatoms. The van der Waals surface area contributed by atoms with E-state index in [2.05, 4.69) is 0 Å². The third-order valence-corrected chi connectivity index (χ3v) is 4.77. The van der Waals surface area contributed by atoms with Gasteiger partial charge >= 0.3 is 11.9 Å². The Morgan fingerprint density at radius 1 is 1.50 bits per heavy atom. The molecule has 8 nitrogen and oxygen atoms in total. The van der Waals surface area contributed by atoms with E-state index in [4.69, 9.17) is 18.8 Å². The van der Waals surface area contributed by atoms with Crippen LogP contribution in [0.4, 0.5) is 0 Å². The Morgan fingerprint density at radius 3 is 2.85 bits per heavy atom. The molecule has 1 N–H and O–H groups in total.